The van der Waals surface area contributed by atoms with Gasteiger partial charge in [-0.15, -0.1) is 0 Å². The minimum Gasteiger partial charge on any atom is -0.396 e. The Bertz CT molecular complexity index is 386. The first kappa shape index (κ1) is 12.4. The Labute approximate surface area is 103 Å². The van der Waals surface area contributed by atoms with Gasteiger partial charge in [0.25, 0.3) is 0 Å². The molecule has 0 aliphatic heterocycles. The summed E-state index contributed by atoms with van der Waals surface area (Å²) in [7, 11) is 0. The maximum Gasteiger partial charge on any atom is 0.146 e. The molecular formula is C14H21FN2. The van der Waals surface area contributed by atoms with Crippen molar-refractivity contribution in [2.24, 2.45) is 5.92 Å². The zero-order chi connectivity index (χ0) is 12.4. The molecule has 1 fully saturated rings. The lowest BCUT2D eigenvalue weighted by atomic mass is 10.1. The second-order valence-corrected chi connectivity index (χ2v) is 5.37. The maximum absolute atomic E-state index is 13.4. The van der Waals surface area contributed by atoms with E-state index in [2.05, 4.69) is 18.7 Å². The molecule has 1 aromatic carbocycles. The van der Waals surface area contributed by atoms with Crippen LogP contribution in [0.3, 0.4) is 0 Å². The molecule has 0 aromatic heterocycles. The summed E-state index contributed by atoms with van der Waals surface area (Å²) in [6.07, 6.45) is 2.53. The van der Waals surface area contributed by atoms with Crippen LogP contribution in [-0.4, -0.2) is 17.5 Å². The summed E-state index contributed by atoms with van der Waals surface area (Å²) in [6, 6.07) is 5.76. The van der Waals surface area contributed by atoms with E-state index in [1.807, 2.05) is 6.07 Å². The average Bonchev–Trinajstić information content (AvgIpc) is 3.06. The predicted octanol–water partition coefficient (Wildman–Crippen LogP) is 3.03. The number of nitrogens with two attached hydrogens (primary N) is 1. The third-order valence-electron chi connectivity index (χ3n) is 3.18. The Morgan fingerprint density at radius 3 is 2.71 bits per heavy atom. The predicted molar refractivity (Wildman–Crippen MR) is 69.1 cm³/mol. The topological polar surface area (TPSA) is 29.3 Å². The molecule has 0 spiro atoms. The van der Waals surface area contributed by atoms with Crippen LogP contribution in [0.1, 0.15) is 32.3 Å². The van der Waals surface area contributed by atoms with Crippen molar-refractivity contribution in [3.05, 3.63) is 29.6 Å². The first-order valence-corrected chi connectivity index (χ1v) is 6.35. The smallest absolute Gasteiger partial charge is 0.146 e. The molecule has 0 atom stereocenters. The molecule has 2 N–H and O–H groups in total. The first-order chi connectivity index (χ1) is 8.08. The van der Waals surface area contributed by atoms with Gasteiger partial charge in [0.05, 0.1) is 5.69 Å². The fourth-order valence-electron chi connectivity index (χ4n) is 2.19. The molecule has 1 aliphatic carbocycles. The van der Waals surface area contributed by atoms with Gasteiger partial charge in [-0.25, -0.2) is 4.39 Å². The molecular weight excluding hydrogens is 215 g/mol. The van der Waals surface area contributed by atoms with E-state index in [1.165, 1.54) is 18.9 Å². The third kappa shape index (κ3) is 3.19. The third-order valence-corrected chi connectivity index (χ3v) is 3.18. The fourth-order valence-corrected chi connectivity index (χ4v) is 2.19. The molecule has 1 aromatic rings. The van der Waals surface area contributed by atoms with Crippen LogP contribution in [0.5, 0.6) is 0 Å². The van der Waals surface area contributed by atoms with E-state index in [4.69, 9.17) is 5.73 Å². The van der Waals surface area contributed by atoms with Gasteiger partial charge in [-0.3, -0.25) is 4.90 Å². The molecule has 3 heteroatoms. The summed E-state index contributed by atoms with van der Waals surface area (Å²) in [5.74, 6) is 0.327. The minimum absolute atomic E-state index is 0.303. The molecule has 0 unspecified atom stereocenters. The van der Waals surface area contributed by atoms with Crippen LogP contribution in [0.25, 0.3) is 0 Å². The molecule has 0 saturated heterocycles. The number of para-hydroxylation sites is 1. The van der Waals surface area contributed by atoms with Crippen LogP contribution in [0, 0.1) is 11.7 Å². The van der Waals surface area contributed by atoms with Crippen molar-refractivity contribution in [2.45, 2.75) is 39.3 Å². The molecule has 0 bridgehead atoms. The Morgan fingerprint density at radius 1 is 1.41 bits per heavy atom. The number of anilines is 1. The lowest BCUT2D eigenvalue weighted by Crippen LogP contribution is -2.29. The van der Waals surface area contributed by atoms with Crippen molar-refractivity contribution in [2.75, 3.05) is 12.3 Å². The van der Waals surface area contributed by atoms with Gasteiger partial charge in [0.2, 0.25) is 0 Å². The van der Waals surface area contributed by atoms with Gasteiger partial charge >= 0.3 is 0 Å². The molecule has 1 aliphatic rings. The number of benzene rings is 1. The highest BCUT2D eigenvalue weighted by atomic mass is 19.1. The highest BCUT2D eigenvalue weighted by Gasteiger charge is 2.29. The summed E-state index contributed by atoms with van der Waals surface area (Å²) in [6.45, 7) is 6.25. The fraction of sp³-hybridized carbons (Fsp3) is 0.571. The van der Waals surface area contributed by atoms with Crippen molar-refractivity contribution in [1.29, 1.82) is 0 Å². The van der Waals surface area contributed by atoms with Crippen molar-refractivity contribution in [1.82, 2.24) is 4.90 Å². The SMILES string of the molecule is CC(C)CN(Cc1cccc(F)c1N)C1CC1. The van der Waals surface area contributed by atoms with Gasteiger partial charge < -0.3 is 5.73 Å². The highest BCUT2D eigenvalue weighted by Crippen LogP contribution is 2.30. The van der Waals surface area contributed by atoms with Crippen molar-refractivity contribution >= 4 is 5.69 Å². The van der Waals surface area contributed by atoms with E-state index in [1.54, 1.807) is 6.07 Å². The normalized spacial score (nSPS) is 15.8. The summed E-state index contributed by atoms with van der Waals surface area (Å²) in [5, 5.41) is 0. The van der Waals surface area contributed by atoms with Crippen LogP contribution in [0.15, 0.2) is 18.2 Å². The van der Waals surface area contributed by atoms with Gasteiger partial charge in [0, 0.05) is 19.1 Å². The summed E-state index contributed by atoms with van der Waals surface area (Å²) in [4.78, 5) is 2.43. The largest absolute Gasteiger partial charge is 0.396 e. The number of nitrogen functional groups attached to an aromatic ring is 1. The average molecular weight is 236 g/mol. The Kier molecular flexibility index (Phi) is 3.67. The lowest BCUT2D eigenvalue weighted by Gasteiger charge is -2.24. The van der Waals surface area contributed by atoms with E-state index >= 15 is 0 Å². The van der Waals surface area contributed by atoms with E-state index in [-0.39, 0.29) is 5.82 Å². The van der Waals surface area contributed by atoms with Gasteiger partial charge in [0.1, 0.15) is 5.82 Å². The highest BCUT2D eigenvalue weighted by molar-refractivity contribution is 5.47. The van der Waals surface area contributed by atoms with Gasteiger partial charge in [-0.1, -0.05) is 26.0 Å². The Balaban J connectivity index is 2.08. The van der Waals surface area contributed by atoms with Crippen molar-refractivity contribution in [3.63, 3.8) is 0 Å². The monoisotopic (exact) mass is 236 g/mol. The summed E-state index contributed by atoms with van der Waals surface area (Å²) < 4.78 is 13.4. The standard InChI is InChI=1S/C14H21FN2/c1-10(2)8-17(12-6-7-12)9-11-4-3-5-13(15)14(11)16/h3-5,10,12H,6-9,16H2,1-2H3. The van der Waals surface area contributed by atoms with Gasteiger partial charge in [-0.05, 0) is 30.4 Å². The number of hydrogen-bond acceptors (Lipinski definition) is 2. The molecule has 1 saturated carbocycles. The van der Waals surface area contributed by atoms with E-state index in [0.717, 1.165) is 18.7 Å². The van der Waals surface area contributed by atoms with Gasteiger partial charge in [-0.2, -0.15) is 0 Å². The lowest BCUT2D eigenvalue weighted by molar-refractivity contribution is 0.226. The Morgan fingerprint density at radius 2 is 2.12 bits per heavy atom. The molecule has 0 heterocycles. The molecule has 0 amide bonds. The second-order valence-electron chi connectivity index (χ2n) is 5.37. The Hall–Kier alpha value is -1.09. The molecule has 0 radical (unpaired) electrons. The van der Waals surface area contributed by atoms with Crippen LogP contribution < -0.4 is 5.73 Å². The maximum atomic E-state index is 13.4. The van der Waals surface area contributed by atoms with Crippen molar-refractivity contribution in [3.8, 4) is 0 Å². The first-order valence-electron chi connectivity index (χ1n) is 6.35. The zero-order valence-electron chi connectivity index (χ0n) is 10.6. The summed E-state index contributed by atoms with van der Waals surface area (Å²) in [5.41, 5.74) is 7.00. The quantitative estimate of drug-likeness (QED) is 0.796. The summed E-state index contributed by atoms with van der Waals surface area (Å²) >= 11 is 0. The van der Waals surface area contributed by atoms with Crippen LogP contribution in [-0.2, 0) is 6.54 Å². The van der Waals surface area contributed by atoms with Gasteiger partial charge in [0.15, 0.2) is 0 Å². The number of hydrogen-bond donors (Lipinski definition) is 1. The van der Waals surface area contributed by atoms with Crippen LogP contribution in [0.2, 0.25) is 0 Å². The number of rotatable bonds is 5. The number of nitrogens with zero attached hydrogens (tertiary/aromatic N) is 1. The van der Waals surface area contributed by atoms with Crippen molar-refractivity contribution < 1.29 is 4.39 Å². The molecule has 2 rings (SSSR count). The van der Waals surface area contributed by atoms with E-state index in [0.29, 0.717) is 17.6 Å². The number of halogens is 1. The zero-order valence-corrected chi connectivity index (χ0v) is 10.6. The molecule has 2 nitrogen and oxygen atoms in total. The molecule has 94 valence electrons. The minimum atomic E-state index is -0.303. The van der Waals surface area contributed by atoms with Crippen LogP contribution >= 0.6 is 0 Å². The second kappa shape index (κ2) is 5.05. The van der Waals surface area contributed by atoms with Crippen LogP contribution in [0.4, 0.5) is 10.1 Å². The van der Waals surface area contributed by atoms with E-state index in [9.17, 15) is 4.39 Å². The van der Waals surface area contributed by atoms with E-state index < -0.39 is 0 Å². The molecule has 17 heavy (non-hydrogen) atoms.